The molecule has 0 aliphatic carbocycles. The molecule has 0 spiro atoms. The van der Waals surface area contributed by atoms with E-state index in [2.05, 4.69) is 9.97 Å². The zero-order chi connectivity index (χ0) is 21.2. The fourth-order valence-corrected chi connectivity index (χ4v) is 2.93. The van der Waals surface area contributed by atoms with Crippen LogP contribution >= 0.6 is 0 Å². The van der Waals surface area contributed by atoms with Gasteiger partial charge in [0.05, 0.1) is 5.56 Å². The molecule has 0 bridgehead atoms. The summed E-state index contributed by atoms with van der Waals surface area (Å²) < 4.78 is 52.2. The Bertz CT molecular complexity index is 1090. The number of benzene rings is 2. The Balaban J connectivity index is 1.84. The van der Waals surface area contributed by atoms with Gasteiger partial charge in [-0.1, -0.05) is 43.3 Å². The molecule has 3 aromatic rings. The Morgan fingerprint density at radius 1 is 1.10 bits per heavy atom. The molecule has 3 rings (SSSR count). The van der Waals surface area contributed by atoms with Crippen LogP contribution in [0.4, 0.5) is 17.6 Å². The third-order valence-corrected chi connectivity index (χ3v) is 4.42. The maximum Gasteiger partial charge on any atom is 0.416 e. The molecule has 1 heterocycles. The number of aromatic nitrogens is 2. The van der Waals surface area contributed by atoms with Crippen molar-refractivity contribution in [2.24, 2.45) is 0 Å². The van der Waals surface area contributed by atoms with Gasteiger partial charge in [0.1, 0.15) is 17.3 Å². The van der Waals surface area contributed by atoms with Crippen molar-refractivity contribution in [3.8, 4) is 11.4 Å². The summed E-state index contributed by atoms with van der Waals surface area (Å²) in [5.74, 6) is -2.04. The Kier molecular flexibility index (Phi) is 5.63. The number of halogens is 4. The summed E-state index contributed by atoms with van der Waals surface area (Å²) in [4.78, 5) is 31.2. The number of carbonyl (C=O) groups is 1. The second-order valence-corrected chi connectivity index (χ2v) is 6.61. The highest BCUT2D eigenvalue weighted by atomic mass is 19.4. The Morgan fingerprint density at radius 2 is 1.79 bits per heavy atom. The highest BCUT2D eigenvalue weighted by Gasteiger charge is 2.31. The maximum atomic E-state index is 14.2. The van der Waals surface area contributed by atoms with Gasteiger partial charge < -0.3 is 4.98 Å². The molecule has 0 aliphatic rings. The molecule has 2 aromatic carbocycles. The summed E-state index contributed by atoms with van der Waals surface area (Å²) in [6, 6.07) is 12.0. The van der Waals surface area contributed by atoms with E-state index in [4.69, 9.17) is 0 Å². The van der Waals surface area contributed by atoms with Gasteiger partial charge in [-0.3, -0.25) is 9.59 Å². The number of alkyl halides is 3. The Labute approximate surface area is 163 Å². The summed E-state index contributed by atoms with van der Waals surface area (Å²) >= 11 is 0. The SMILES string of the molecule is C[C@@H](CC(=O)c1cc(=O)[nH]c(-c2ccccc2)n1)c1ccc(C(F)(F)F)cc1F. The van der Waals surface area contributed by atoms with E-state index in [-0.39, 0.29) is 23.5 Å². The number of hydrogen-bond acceptors (Lipinski definition) is 3. The molecule has 4 nitrogen and oxygen atoms in total. The van der Waals surface area contributed by atoms with Crippen LogP contribution in [0.1, 0.15) is 40.9 Å². The zero-order valence-corrected chi connectivity index (χ0v) is 15.3. The van der Waals surface area contributed by atoms with E-state index in [1.807, 2.05) is 0 Å². The van der Waals surface area contributed by atoms with Crippen LogP contribution in [0.3, 0.4) is 0 Å². The standard InChI is InChI=1S/C21H16F4N2O2/c1-12(15-8-7-14(10-16(15)22)21(23,24)25)9-18(28)17-11-19(29)27-20(26-17)13-5-3-2-4-6-13/h2-8,10-12H,9H2,1H3,(H,26,27,29)/t12-/m0/s1. The average molecular weight is 404 g/mol. The number of hydrogen-bond donors (Lipinski definition) is 1. The lowest BCUT2D eigenvalue weighted by Gasteiger charge is -2.14. The van der Waals surface area contributed by atoms with Crippen molar-refractivity contribution in [1.82, 2.24) is 9.97 Å². The monoisotopic (exact) mass is 404 g/mol. The lowest BCUT2D eigenvalue weighted by atomic mass is 9.93. The van der Waals surface area contributed by atoms with E-state index in [1.165, 1.54) is 6.92 Å². The highest BCUT2D eigenvalue weighted by Crippen LogP contribution is 2.32. The molecule has 0 unspecified atom stereocenters. The van der Waals surface area contributed by atoms with Gasteiger partial charge in [-0.25, -0.2) is 9.37 Å². The first-order valence-corrected chi connectivity index (χ1v) is 8.72. The number of aromatic amines is 1. The minimum Gasteiger partial charge on any atom is -0.306 e. The summed E-state index contributed by atoms with van der Waals surface area (Å²) in [5, 5.41) is 0. The van der Waals surface area contributed by atoms with Crippen LogP contribution in [-0.2, 0) is 6.18 Å². The fraction of sp³-hybridized carbons (Fsp3) is 0.190. The topological polar surface area (TPSA) is 62.8 Å². The molecule has 0 aliphatic heterocycles. The molecule has 0 saturated heterocycles. The number of carbonyl (C=O) groups excluding carboxylic acids is 1. The number of nitrogens with one attached hydrogen (secondary N) is 1. The van der Waals surface area contributed by atoms with Gasteiger partial charge in [0.2, 0.25) is 0 Å². The quantitative estimate of drug-likeness (QED) is 0.482. The minimum atomic E-state index is -4.65. The number of nitrogens with zero attached hydrogens (tertiary/aromatic N) is 1. The van der Waals surface area contributed by atoms with Gasteiger partial charge in [-0.05, 0) is 23.6 Å². The van der Waals surface area contributed by atoms with Crippen molar-refractivity contribution in [2.75, 3.05) is 0 Å². The van der Waals surface area contributed by atoms with Crippen LogP contribution in [0, 0.1) is 5.82 Å². The number of ketones is 1. The van der Waals surface area contributed by atoms with Crippen LogP contribution in [0.5, 0.6) is 0 Å². The second-order valence-electron chi connectivity index (χ2n) is 6.61. The normalized spacial score (nSPS) is 12.6. The molecule has 150 valence electrons. The van der Waals surface area contributed by atoms with Crippen LogP contribution in [0.15, 0.2) is 59.4 Å². The zero-order valence-electron chi connectivity index (χ0n) is 15.3. The molecule has 0 amide bonds. The van der Waals surface area contributed by atoms with Crippen molar-refractivity contribution in [3.05, 3.63) is 87.6 Å². The number of Topliss-reactive ketones (excluding diaryl/α,β-unsaturated/α-hetero) is 1. The van der Waals surface area contributed by atoms with Gasteiger partial charge in [-0.15, -0.1) is 0 Å². The minimum absolute atomic E-state index is 0.0144. The van der Waals surface area contributed by atoms with Gasteiger partial charge >= 0.3 is 6.18 Å². The molecule has 0 saturated carbocycles. The van der Waals surface area contributed by atoms with Crippen molar-refractivity contribution in [2.45, 2.75) is 25.4 Å². The van der Waals surface area contributed by atoms with Crippen molar-refractivity contribution >= 4 is 5.78 Å². The first-order valence-electron chi connectivity index (χ1n) is 8.72. The van der Waals surface area contributed by atoms with E-state index < -0.39 is 34.8 Å². The lowest BCUT2D eigenvalue weighted by molar-refractivity contribution is -0.137. The predicted molar refractivity (Wildman–Crippen MR) is 99.1 cm³/mol. The summed E-state index contributed by atoms with van der Waals surface area (Å²) in [6.45, 7) is 1.52. The molecule has 29 heavy (non-hydrogen) atoms. The third kappa shape index (κ3) is 4.77. The second kappa shape index (κ2) is 7.98. The average Bonchev–Trinajstić information content (AvgIpc) is 2.67. The smallest absolute Gasteiger partial charge is 0.306 e. The van der Waals surface area contributed by atoms with E-state index in [1.54, 1.807) is 30.3 Å². The molecular weight excluding hydrogens is 388 g/mol. The Morgan fingerprint density at radius 3 is 2.41 bits per heavy atom. The van der Waals surface area contributed by atoms with Crippen LogP contribution < -0.4 is 5.56 Å². The Hall–Kier alpha value is -3.29. The van der Waals surface area contributed by atoms with Crippen molar-refractivity contribution in [1.29, 1.82) is 0 Å². The van der Waals surface area contributed by atoms with Crippen LogP contribution in [-0.4, -0.2) is 15.8 Å². The summed E-state index contributed by atoms with van der Waals surface area (Å²) in [5.41, 5.74) is -1.11. The molecule has 1 atom stereocenters. The fourth-order valence-electron chi connectivity index (χ4n) is 2.93. The van der Waals surface area contributed by atoms with E-state index in [0.29, 0.717) is 11.6 Å². The van der Waals surface area contributed by atoms with E-state index in [9.17, 15) is 27.2 Å². The molecule has 8 heteroatoms. The largest absolute Gasteiger partial charge is 0.416 e. The molecule has 1 aromatic heterocycles. The predicted octanol–water partition coefficient (Wildman–Crippen LogP) is 4.97. The molecule has 1 N–H and O–H groups in total. The molecular formula is C21H16F4N2O2. The highest BCUT2D eigenvalue weighted by molar-refractivity contribution is 5.95. The van der Waals surface area contributed by atoms with E-state index >= 15 is 0 Å². The summed E-state index contributed by atoms with van der Waals surface area (Å²) in [6.07, 6.45) is -4.87. The van der Waals surface area contributed by atoms with Crippen molar-refractivity contribution < 1.29 is 22.4 Å². The van der Waals surface area contributed by atoms with Gasteiger partial charge in [0.25, 0.3) is 5.56 Å². The number of rotatable bonds is 5. The molecule has 0 radical (unpaired) electrons. The van der Waals surface area contributed by atoms with Crippen molar-refractivity contribution in [3.63, 3.8) is 0 Å². The van der Waals surface area contributed by atoms with Crippen LogP contribution in [0.25, 0.3) is 11.4 Å². The summed E-state index contributed by atoms with van der Waals surface area (Å²) in [7, 11) is 0. The maximum absolute atomic E-state index is 14.2. The molecule has 0 fully saturated rings. The van der Waals surface area contributed by atoms with Gasteiger partial charge in [-0.2, -0.15) is 13.2 Å². The first-order chi connectivity index (χ1) is 13.6. The van der Waals surface area contributed by atoms with Gasteiger partial charge in [0, 0.05) is 18.1 Å². The van der Waals surface area contributed by atoms with Gasteiger partial charge in [0.15, 0.2) is 5.78 Å². The third-order valence-electron chi connectivity index (χ3n) is 4.42. The first kappa shape index (κ1) is 20.4. The van der Waals surface area contributed by atoms with Crippen LogP contribution in [0.2, 0.25) is 0 Å². The van der Waals surface area contributed by atoms with E-state index in [0.717, 1.165) is 18.2 Å². The number of H-pyrrole nitrogens is 1. The lowest BCUT2D eigenvalue weighted by Crippen LogP contribution is -2.16.